The van der Waals surface area contributed by atoms with Crippen LogP contribution in [0.5, 0.6) is 5.75 Å². The quantitative estimate of drug-likeness (QED) is 0.678. The molecule has 0 fully saturated rings. The summed E-state index contributed by atoms with van der Waals surface area (Å²) in [7, 11) is 0. The van der Waals surface area contributed by atoms with E-state index in [-0.39, 0.29) is 12.4 Å². The molecule has 0 bridgehead atoms. The molecule has 2 aromatic rings. The van der Waals surface area contributed by atoms with Crippen molar-refractivity contribution in [3.05, 3.63) is 59.4 Å². The maximum absolute atomic E-state index is 13.5. The van der Waals surface area contributed by atoms with E-state index in [1.807, 2.05) is 0 Å². The van der Waals surface area contributed by atoms with Crippen LogP contribution in [0, 0.1) is 5.82 Å². The Hall–Kier alpha value is -2.56. The first-order chi connectivity index (χ1) is 10.1. The molecule has 0 amide bonds. The minimum Gasteiger partial charge on any atom is -0.487 e. The highest BCUT2D eigenvalue weighted by Crippen LogP contribution is 2.24. The van der Waals surface area contributed by atoms with Gasteiger partial charge in [0.25, 0.3) is 0 Å². The Balaban J connectivity index is 2.08. The number of nitrogen functional groups attached to an aromatic ring is 1. The lowest BCUT2D eigenvalue weighted by Gasteiger charge is -2.10. The first-order valence-corrected chi connectivity index (χ1v) is 6.54. The van der Waals surface area contributed by atoms with E-state index in [0.717, 1.165) is 0 Å². The topological polar surface area (TPSA) is 61.5 Å². The number of ether oxygens (including phenoxy) is 2. The monoisotopic (exact) mass is 289 g/mol. The molecular formula is C16H16FNO3. The SMILES string of the molecule is CCOC(=O)c1ccc(OCc2ccccc2F)c(N)c1. The van der Waals surface area contributed by atoms with Crippen LogP contribution in [0.3, 0.4) is 0 Å². The summed E-state index contributed by atoms with van der Waals surface area (Å²) in [4.78, 5) is 11.6. The van der Waals surface area contributed by atoms with Crippen molar-refractivity contribution in [1.29, 1.82) is 0 Å². The van der Waals surface area contributed by atoms with E-state index in [2.05, 4.69) is 0 Å². The predicted molar refractivity (Wildman–Crippen MR) is 77.5 cm³/mol. The molecule has 0 atom stereocenters. The minimum atomic E-state index is -0.440. The Kier molecular flexibility index (Phi) is 4.77. The number of hydrogen-bond donors (Lipinski definition) is 1. The van der Waals surface area contributed by atoms with Crippen LogP contribution in [-0.4, -0.2) is 12.6 Å². The second kappa shape index (κ2) is 6.74. The number of carbonyl (C=O) groups is 1. The van der Waals surface area contributed by atoms with Gasteiger partial charge in [-0.15, -0.1) is 0 Å². The van der Waals surface area contributed by atoms with Gasteiger partial charge < -0.3 is 15.2 Å². The van der Waals surface area contributed by atoms with E-state index in [1.54, 1.807) is 37.3 Å². The van der Waals surface area contributed by atoms with Crippen LogP contribution in [-0.2, 0) is 11.3 Å². The molecule has 2 aromatic carbocycles. The number of carbonyl (C=O) groups excluding carboxylic acids is 1. The van der Waals surface area contributed by atoms with Crippen LogP contribution >= 0.6 is 0 Å². The number of nitrogens with two attached hydrogens (primary N) is 1. The zero-order valence-electron chi connectivity index (χ0n) is 11.6. The molecule has 110 valence electrons. The fourth-order valence-corrected chi connectivity index (χ4v) is 1.79. The molecule has 0 aliphatic rings. The van der Waals surface area contributed by atoms with Crippen molar-refractivity contribution in [2.75, 3.05) is 12.3 Å². The van der Waals surface area contributed by atoms with Gasteiger partial charge >= 0.3 is 5.97 Å². The Labute approximate surface area is 122 Å². The molecular weight excluding hydrogens is 273 g/mol. The van der Waals surface area contributed by atoms with Crippen LogP contribution in [0.15, 0.2) is 42.5 Å². The molecule has 0 unspecified atom stereocenters. The summed E-state index contributed by atoms with van der Waals surface area (Å²) < 4.78 is 23.8. The van der Waals surface area contributed by atoms with Gasteiger partial charge in [0.05, 0.1) is 17.9 Å². The van der Waals surface area contributed by atoms with Crippen molar-refractivity contribution >= 4 is 11.7 Å². The molecule has 21 heavy (non-hydrogen) atoms. The second-order valence-corrected chi connectivity index (χ2v) is 4.35. The number of benzene rings is 2. The highest BCUT2D eigenvalue weighted by Gasteiger charge is 2.10. The number of halogens is 1. The zero-order chi connectivity index (χ0) is 15.2. The van der Waals surface area contributed by atoms with Crippen molar-refractivity contribution in [1.82, 2.24) is 0 Å². The number of esters is 1. The maximum Gasteiger partial charge on any atom is 0.338 e. The average molecular weight is 289 g/mol. The lowest BCUT2D eigenvalue weighted by molar-refractivity contribution is 0.0526. The van der Waals surface area contributed by atoms with Crippen LogP contribution in [0.4, 0.5) is 10.1 Å². The normalized spacial score (nSPS) is 10.2. The summed E-state index contributed by atoms with van der Waals surface area (Å²) in [5.41, 5.74) is 6.92. The third-order valence-corrected chi connectivity index (χ3v) is 2.86. The minimum absolute atomic E-state index is 0.0651. The Morgan fingerprint density at radius 2 is 2.00 bits per heavy atom. The second-order valence-electron chi connectivity index (χ2n) is 4.35. The Bertz CT molecular complexity index is 643. The molecule has 0 heterocycles. The smallest absolute Gasteiger partial charge is 0.338 e. The summed E-state index contributed by atoms with van der Waals surface area (Å²) in [5, 5.41) is 0. The summed E-state index contributed by atoms with van der Waals surface area (Å²) in [6.45, 7) is 2.09. The largest absolute Gasteiger partial charge is 0.487 e. The van der Waals surface area contributed by atoms with Crippen LogP contribution in [0.2, 0.25) is 0 Å². The Morgan fingerprint density at radius 1 is 1.24 bits per heavy atom. The molecule has 0 saturated carbocycles. The number of hydrogen-bond acceptors (Lipinski definition) is 4. The van der Waals surface area contributed by atoms with E-state index in [4.69, 9.17) is 15.2 Å². The first-order valence-electron chi connectivity index (χ1n) is 6.54. The van der Waals surface area contributed by atoms with E-state index in [0.29, 0.717) is 29.2 Å². The molecule has 0 aliphatic carbocycles. The fourth-order valence-electron chi connectivity index (χ4n) is 1.79. The summed E-state index contributed by atoms with van der Waals surface area (Å²) in [5.74, 6) is -0.379. The van der Waals surface area contributed by atoms with Gasteiger partial charge in [0.15, 0.2) is 0 Å². The summed E-state index contributed by atoms with van der Waals surface area (Å²) in [6, 6.07) is 11.0. The van der Waals surface area contributed by atoms with Gasteiger partial charge in [-0.2, -0.15) is 0 Å². The highest BCUT2D eigenvalue weighted by atomic mass is 19.1. The molecule has 2 N–H and O–H groups in total. The highest BCUT2D eigenvalue weighted by molar-refractivity contribution is 5.91. The van der Waals surface area contributed by atoms with Crippen LogP contribution in [0.25, 0.3) is 0 Å². The average Bonchev–Trinajstić information content (AvgIpc) is 2.47. The molecule has 5 heteroatoms. The maximum atomic E-state index is 13.5. The molecule has 0 aromatic heterocycles. The van der Waals surface area contributed by atoms with E-state index in [9.17, 15) is 9.18 Å². The van der Waals surface area contributed by atoms with Gasteiger partial charge in [-0.3, -0.25) is 0 Å². The Morgan fingerprint density at radius 3 is 2.67 bits per heavy atom. The van der Waals surface area contributed by atoms with Gasteiger partial charge in [0, 0.05) is 5.56 Å². The third kappa shape index (κ3) is 3.72. The number of rotatable bonds is 5. The van der Waals surface area contributed by atoms with Crippen molar-refractivity contribution in [3.8, 4) is 5.75 Å². The van der Waals surface area contributed by atoms with Gasteiger partial charge in [0.1, 0.15) is 18.2 Å². The number of anilines is 1. The van der Waals surface area contributed by atoms with Crippen LogP contribution in [0.1, 0.15) is 22.8 Å². The molecule has 0 aliphatic heterocycles. The third-order valence-electron chi connectivity index (χ3n) is 2.86. The standard InChI is InChI=1S/C16H16FNO3/c1-2-20-16(19)11-7-8-15(14(18)9-11)21-10-12-5-3-4-6-13(12)17/h3-9H,2,10,18H2,1H3. The molecule has 0 saturated heterocycles. The van der Waals surface area contributed by atoms with Crippen molar-refractivity contribution < 1.29 is 18.7 Å². The van der Waals surface area contributed by atoms with Gasteiger partial charge in [-0.25, -0.2) is 9.18 Å². The fraction of sp³-hybridized carbons (Fsp3) is 0.188. The van der Waals surface area contributed by atoms with Crippen molar-refractivity contribution in [3.63, 3.8) is 0 Å². The first kappa shape index (κ1) is 14.8. The summed E-state index contributed by atoms with van der Waals surface area (Å²) >= 11 is 0. The van der Waals surface area contributed by atoms with Crippen molar-refractivity contribution in [2.45, 2.75) is 13.5 Å². The lowest BCUT2D eigenvalue weighted by Crippen LogP contribution is -2.06. The van der Waals surface area contributed by atoms with Crippen molar-refractivity contribution in [2.24, 2.45) is 0 Å². The molecule has 4 nitrogen and oxygen atoms in total. The lowest BCUT2D eigenvalue weighted by atomic mass is 10.2. The van der Waals surface area contributed by atoms with E-state index in [1.165, 1.54) is 12.1 Å². The molecule has 2 rings (SSSR count). The van der Waals surface area contributed by atoms with E-state index >= 15 is 0 Å². The van der Waals surface area contributed by atoms with Gasteiger partial charge in [-0.1, -0.05) is 18.2 Å². The van der Waals surface area contributed by atoms with Gasteiger partial charge in [0.2, 0.25) is 0 Å². The molecule has 0 spiro atoms. The molecule has 0 radical (unpaired) electrons. The summed E-state index contributed by atoms with van der Waals surface area (Å²) in [6.07, 6.45) is 0. The van der Waals surface area contributed by atoms with Crippen LogP contribution < -0.4 is 10.5 Å². The predicted octanol–water partition coefficient (Wildman–Crippen LogP) is 3.16. The zero-order valence-corrected chi connectivity index (χ0v) is 11.6. The van der Waals surface area contributed by atoms with E-state index < -0.39 is 5.97 Å². The van der Waals surface area contributed by atoms with Gasteiger partial charge in [-0.05, 0) is 31.2 Å².